The highest BCUT2D eigenvalue weighted by molar-refractivity contribution is 8.00. The van der Waals surface area contributed by atoms with E-state index in [0.29, 0.717) is 11.0 Å². The van der Waals surface area contributed by atoms with Gasteiger partial charge in [-0.05, 0) is 37.7 Å². The molecule has 1 aliphatic heterocycles. The molecule has 8 heteroatoms. The van der Waals surface area contributed by atoms with Gasteiger partial charge in [0.15, 0.2) is 0 Å². The number of halogens is 3. The van der Waals surface area contributed by atoms with Gasteiger partial charge in [0.1, 0.15) is 0 Å². The third-order valence-corrected chi connectivity index (χ3v) is 4.53. The molecular weight excluding hydrogens is 285 g/mol. The van der Waals surface area contributed by atoms with Crippen molar-refractivity contribution in [1.82, 2.24) is 10.6 Å². The van der Waals surface area contributed by atoms with Crippen LogP contribution in [0.25, 0.3) is 0 Å². The molecule has 1 fully saturated rings. The van der Waals surface area contributed by atoms with Gasteiger partial charge in [-0.1, -0.05) is 0 Å². The van der Waals surface area contributed by atoms with E-state index < -0.39 is 5.51 Å². The van der Waals surface area contributed by atoms with Crippen molar-refractivity contribution >= 4 is 29.4 Å². The molecule has 0 aromatic heterocycles. The Kier molecular flexibility index (Phi) is 7.25. The summed E-state index contributed by atoms with van der Waals surface area (Å²) in [6, 6.07) is 0. The number of rotatable bonds is 6. The predicted molar refractivity (Wildman–Crippen MR) is 69.9 cm³/mol. The lowest BCUT2D eigenvalue weighted by molar-refractivity contribution is -0.118. The van der Waals surface area contributed by atoms with Crippen molar-refractivity contribution < 1.29 is 18.0 Å². The quantitative estimate of drug-likeness (QED) is 0.735. The molecule has 1 heterocycles. The van der Waals surface area contributed by atoms with Gasteiger partial charge >= 0.3 is 5.51 Å². The van der Waals surface area contributed by atoms with Gasteiger partial charge in [0.25, 0.3) is 0 Å². The molecule has 0 atom stereocenters. The van der Waals surface area contributed by atoms with Gasteiger partial charge in [0.2, 0.25) is 5.91 Å². The first-order chi connectivity index (χ1) is 8.47. The van der Waals surface area contributed by atoms with Crippen molar-refractivity contribution in [3.05, 3.63) is 0 Å². The second-order valence-corrected chi connectivity index (χ2v) is 6.35. The summed E-state index contributed by atoms with van der Waals surface area (Å²) >= 11 is 1.48. The highest BCUT2D eigenvalue weighted by atomic mass is 32.2. The monoisotopic (exact) mass is 302 g/mol. The Bertz CT molecular complexity index is 258. The lowest BCUT2D eigenvalue weighted by Crippen LogP contribution is -2.32. The third-order valence-electron chi connectivity index (χ3n) is 2.43. The van der Waals surface area contributed by atoms with Crippen LogP contribution in [0.15, 0.2) is 0 Å². The van der Waals surface area contributed by atoms with Crippen LogP contribution in [0.4, 0.5) is 13.2 Å². The van der Waals surface area contributed by atoms with Crippen LogP contribution >= 0.6 is 23.5 Å². The highest BCUT2D eigenvalue weighted by Gasteiger charge is 2.27. The molecule has 0 aliphatic carbocycles. The first-order valence-electron chi connectivity index (χ1n) is 5.77. The maximum atomic E-state index is 11.8. The number of carbonyl (C=O) groups is 1. The van der Waals surface area contributed by atoms with Gasteiger partial charge in [-0.3, -0.25) is 4.79 Å². The average molecular weight is 302 g/mol. The Labute approximate surface area is 113 Å². The van der Waals surface area contributed by atoms with E-state index in [-0.39, 0.29) is 30.0 Å². The fourth-order valence-electron chi connectivity index (χ4n) is 1.56. The minimum Gasteiger partial charge on any atom is -0.355 e. The smallest absolute Gasteiger partial charge is 0.355 e. The Balaban J connectivity index is 2.00. The zero-order valence-corrected chi connectivity index (χ0v) is 11.5. The van der Waals surface area contributed by atoms with Crippen molar-refractivity contribution in [2.45, 2.75) is 23.6 Å². The van der Waals surface area contributed by atoms with Gasteiger partial charge in [-0.25, -0.2) is 0 Å². The number of carbonyl (C=O) groups excluding carboxylic acids is 1. The number of piperidine rings is 1. The standard InChI is InChI=1S/C10H17F3N2OS2/c11-10(12,13)18-6-5-15-9(16)7-17-8-1-3-14-4-2-8/h8,14H,1-7H2,(H,15,16). The van der Waals surface area contributed by atoms with E-state index in [9.17, 15) is 18.0 Å². The van der Waals surface area contributed by atoms with Gasteiger partial charge in [-0.15, -0.1) is 11.8 Å². The number of alkyl halides is 3. The Morgan fingerprint density at radius 3 is 2.61 bits per heavy atom. The summed E-state index contributed by atoms with van der Waals surface area (Å²) in [5.41, 5.74) is -4.21. The van der Waals surface area contributed by atoms with Crippen LogP contribution in [-0.2, 0) is 4.79 Å². The van der Waals surface area contributed by atoms with Gasteiger partial charge in [0.05, 0.1) is 5.75 Å². The van der Waals surface area contributed by atoms with Crippen molar-refractivity contribution in [3.63, 3.8) is 0 Å². The van der Waals surface area contributed by atoms with Crippen molar-refractivity contribution in [2.24, 2.45) is 0 Å². The summed E-state index contributed by atoms with van der Waals surface area (Å²) in [5.74, 6) is 0.0236. The van der Waals surface area contributed by atoms with Crippen molar-refractivity contribution in [1.29, 1.82) is 0 Å². The minimum atomic E-state index is -4.21. The fraction of sp³-hybridized carbons (Fsp3) is 0.900. The molecule has 2 N–H and O–H groups in total. The van der Waals surface area contributed by atoms with Gasteiger partial charge in [0, 0.05) is 17.5 Å². The van der Waals surface area contributed by atoms with E-state index in [1.807, 2.05) is 0 Å². The van der Waals surface area contributed by atoms with Gasteiger partial charge < -0.3 is 10.6 Å². The highest BCUT2D eigenvalue weighted by Crippen LogP contribution is 2.29. The van der Waals surface area contributed by atoms with Crippen LogP contribution in [0.3, 0.4) is 0 Å². The predicted octanol–water partition coefficient (Wildman–Crippen LogP) is 1.84. The molecule has 1 saturated heterocycles. The average Bonchev–Trinajstić information content (AvgIpc) is 2.32. The molecule has 0 unspecified atom stereocenters. The first-order valence-corrected chi connectivity index (χ1v) is 7.80. The summed E-state index contributed by atoms with van der Waals surface area (Å²) in [6.07, 6.45) is 2.09. The fourth-order valence-corrected chi connectivity index (χ4v) is 3.06. The lowest BCUT2D eigenvalue weighted by Gasteiger charge is -2.21. The van der Waals surface area contributed by atoms with Crippen molar-refractivity contribution in [3.8, 4) is 0 Å². The minimum absolute atomic E-state index is 0.0653. The molecule has 0 spiro atoms. The summed E-state index contributed by atoms with van der Waals surface area (Å²) in [7, 11) is 0. The maximum Gasteiger partial charge on any atom is 0.441 e. The topological polar surface area (TPSA) is 41.1 Å². The van der Waals surface area contributed by atoms with Crippen molar-refractivity contribution in [2.75, 3.05) is 31.1 Å². The lowest BCUT2D eigenvalue weighted by atomic mass is 10.2. The molecule has 3 nitrogen and oxygen atoms in total. The molecule has 1 rings (SSSR count). The number of thioether (sulfide) groups is 2. The maximum absolute atomic E-state index is 11.8. The van der Waals surface area contributed by atoms with Crippen LogP contribution in [-0.4, -0.2) is 47.8 Å². The Morgan fingerprint density at radius 1 is 1.33 bits per heavy atom. The van der Waals surface area contributed by atoms with Crippen LogP contribution < -0.4 is 10.6 Å². The molecule has 1 amide bonds. The van der Waals surface area contributed by atoms with Crippen LogP contribution in [0.5, 0.6) is 0 Å². The normalized spacial score (nSPS) is 17.7. The van der Waals surface area contributed by atoms with Crippen LogP contribution in [0.1, 0.15) is 12.8 Å². The SMILES string of the molecule is O=C(CSC1CCNCC1)NCCSC(F)(F)F. The second-order valence-electron chi connectivity index (χ2n) is 3.90. The van der Waals surface area contributed by atoms with E-state index in [0.717, 1.165) is 25.9 Å². The molecule has 18 heavy (non-hydrogen) atoms. The largest absolute Gasteiger partial charge is 0.441 e. The molecule has 106 valence electrons. The number of hydrogen-bond donors (Lipinski definition) is 2. The Hall–Kier alpha value is -0.0800. The number of amides is 1. The first kappa shape index (κ1) is 16.0. The molecule has 0 saturated carbocycles. The molecule has 0 aromatic carbocycles. The molecule has 0 radical (unpaired) electrons. The summed E-state index contributed by atoms with van der Waals surface area (Å²) in [4.78, 5) is 11.4. The van der Waals surface area contributed by atoms with E-state index >= 15 is 0 Å². The van der Waals surface area contributed by atoms with E-state index in [2.05, 4.69) is 10.6 Å². The number of nitrogens with one attached hydrogen (secondary N) is 2. The van der Waals surface area contributed by atoms with E-state index in [1.165, 1.54) is 0 Å². The number of hydrogen-bond acceptors (Lipinski definition) is 4. The molecule has 0 bridgehead atoms. The zero-order valence-electron chi connectivity index (χ0n) is 9.89. The summed E-state index contributed by atoms with van der Waals surface area (Å²) in [6.45, 7) is 2.01. The second kappa shape index (κ2) is 8.16. The summed E-state index contributed by atoms with van der Waals surface area (Å²) in [5, 5.41) is 6.22. The summed E-state index contributed by atoms with van der Waals surface area (Å²) < 4.78 is 35.4. The van der Waals surface area contributed by atoms with Gasteiger partial charge in [-0.2, -0.15) is 13.2 Å². The molecule has 0 aromatic rings. The van der Waals surface area contributed by atoms with E-state index in [4.69, 9.17) is 0 Å². The van der Waals surface area contributed by atoms with Crippen LogP contribution in [0, 0.1) is 0 Å². The third kappa shape index (κ3) is 8.10. The zero-order chi connectivity index (χ0) is 13.4. The van der Waals surface area contributed by atoms with Crippen LogP contribution in [0.2, 0.25) is 0 Å². The Morgan fingerprint density at radius 2 is 2.00 bits per heavy atom. The molecular formula is C10H17F3N2OS2. The van der Waals surface area contributed by atoms with E-state index in [1.54, 1.807) is 11.8 Å². The molecule has 1 aliphatic rings.